The number of amides is 2. The third-order valence-corrected chi connectivity index (χ3v) is 6.30. The highest BCUT2D eigenvalue weighted by Crippen LogP contribution is 2.08. The largest absolute Gasteiger partial charge is 0.478 e. The van der Waals surface area contributed by atoms with E-state index in [9.17, 15) is 22.8 Å². The maximum Gasteiger partial charge on any atom is 0.328 e. The second-order valence-corrected chi connectivity index (χ2v) is 9.82. The van der Waals surface area contributed by atoms with Gasteiger partial charge in [-0.05, 0) is 32.5 Å². The summed E-state index contributed by atoms with van der Waals surface area (Å²) >= 11 is 0. The molecule has 0 radical (unpaired) electrons. The number of hydrogen-bond acceptors (Lipinski definition) is 6. The van der Waals surface area contributed by atoms with Crippen molar-refractivity contribution in [1.29, 1.82) is 0 Å². The van der Waals surface area contributed by atoms with Crippen LogP contribution in [-0.4, -0.2) is 90.9 Å². The third-order valence-electron chi connectivity index (χ3n) is 4.72. The molecule has 11 heteroatoms. The molecular formula is C23H37N3O7S. The van der Waals surface area contributed by atoms with Crippen molar-refractivity contribution in [2.45, 2.75) is 39.5 Å². The van der Waals surface area contributed by atoms with Crippen LogP contribution in [0.25, 0.3) is 0 Å². The van der Waals surface area contributed by atoms with Crippen molar-refractivity contribution in [3.8, 4) is 0 Å². The molecule has 0 saturated heterocycles. The molecule has 0 fully saturated rings. The first-order chi connectivity index (χ1) is 15.9. The molecule has 0 saturated carbocycles. The van der Waals surface area contributed by atoms with E-state index in [-0.39, 0.29) is 30.1 Å². The fourth-order valence-corrected chi connectivity index (χ4v) is 4.16. The van der Waals surface area contributed by atoms with Gasteiger partial charge in [0.1, 0.15) is 0 Å². The zero-order valence-electron chi connectivity index (χ0n) is 20.3. The molecule has 1 rings (SSSR count). The first-order valence-corrected chi connectivity index (χ1v) is 12.9. The average molecular weight is 500 g/mol. The smallest absolute Gasteiger partial charge is 0.328 e. The molecule has 0 heterocycles. The van der Waals surface area contributed by atoms with Crippen LogP contribution < -0.4 is 5.32 Å². The van der Waals surface area contributed by atoms with E-state index in [1.54, 1.807) is 17.0 Å². The molecule has 0 spiro atoms. The third kappa shape index (κ3) is 15.0. The van der Waals surface area contributed by atoms with E-state index in [0.29, 0.717) is 18.7 Å². The van der Waals surface area contributed by atoms with Crippen LogP contribution in [-0.2, 0) is 25.2 Å². The zero-order valence-corrected chi connectivity index (χ0v) is 21.1. The van der Waals surface area contributed by atoms with Crippen LogP contribution >= 0.6 is 0 Å². The molecular weight excluding hydrogens is 462 g/mol. The van der Waals surface area contributed by atoms with Crippen molar-refractivity contribution in [3.05, 3.63) is 48.0 Å². The van der Waals surface area contributed by atoms with Crippen LogP contribution in [0.5, 0.6) is 0 Å². The monoisotopic (exact) mass is 499 g/mol. The maximum absolute atomic E-state index is 12.4. The number of carboxylic acid groups (broad SMARTS) is 2. The van der Waals surface area contributed by atoms with Gasteiger partial charge < -0.3 is 25.3 Å². The normalized spacial score (nSPS) is 11.2. The number of sulfone groups is 1. The number of likely N-dealkylation sites (N-methyl/N-ethyl adjacent to an activating group) is 1. The molecule has 0 aliphatic carbocycles. The van der Waals surface area contributed by atoms with Gasteiger partial charge in [0.05, 0.1) is 11.5 Å². The predicted molar refractivity (Wildman–Crippen MR) is 131 cm³/mol. The summed E-state index contributed by atoms with van der Waals surface area (Å²) in [4.78, 5) is 35.3. The minimum Gasteiger partial charge on any atom is -0.478 e. The van der Waals surface area contributed by atoms with E-state index < -0.39 is 21.8 Å². The fourth-order valence-electron chi connectivity index (χ4n) is 2.84. The molecule has 1 aromatic carbocycles. The van der Waals surface area contributed by atoms with Crippen molar-refractivity contribution < 1.29 is 33.0 Å². The Balaban J connectivity index is 0.00000116. The van der Waals surface area contributed by atoms with Gasteiger partial charge in [0.15, 0.2) is 9.84 Å². The number of rotatable bonds is 13. The molecule has 1 aromatic rings. The van der Waals surface area contributed by atoms with Gasteiger partial charge in [-0.1, -0.05) is 44.2 Å². The predicted octanol–water partition coefficient (Wildman–Crippen LogP) is 2.08. The number of benzene rings is 1. The van der Waals surface area contributed by atoms with Crippen LogP contribution in [0.4, 0.5) is 4.79 Å². The standard InChI is InChI=1S/C19H33N3O3S.C4H4O4/c1-5-21(6-2)13-12-20-19(23)22(17(3)4)14-15-26(24,25)16-18-10-8-7-9-11-18;5-3(6)1-2-4(7)8/h7-11,17H,5-6,12-16H2,1-4H3,(H,20,23);1-2H,(H,5,6)(H,7,8). The van der Waals surface area contributed by atoms with Crippen LogP contribution in [0, 0.1) is 0 Å². The molecule has 10 nitrogen and oxygen atoms in total. The number of hydrogen-bond donors (Lipinski definition) is 3. The molecule has 0 bridgehead atoms. The summed E-state index contributed by atoms with van der Waals surface area (Å²) in [5, 5.41) is 18.5. The molecule has 0 aromatic heterocycles. The molecule has 0 aliphatic heterocycles. The lowest BCUT2D eigenvalue weighted by Crippen LogP contribution is -2.47. The molecule has 2 amide bonds. The van der Waals surface area contributed by atoms with E-state index in [0.717, 1.165) is 25.2 Å². The van der Waals surface area contributed by atoms with Crippen LogP contribution in [0.15, 0.2) is 42.5 Å². The minimum absolute atomic E-state index is 0.00333. The lowest BCUT2D eigenvalue weighted by Gasteiger charge is -2.27. The quantitative estimate of drug-likeness (QED) is 0.350. The summed E-state index contributed by atoms with van der Waals surface area (Å²) < 4.78 is 24.7. The highest BCUT2D eigenvalue weighted by molar-refractivity contribution is 7.90. The topological polar surface area (TPSA) is 144 Å². The maximum atomic E-state index is 12.4. The molecule has 0 unspecified atom stereocenters. The number of carbonyl (C=O) groups excluding carboxylic acids is 1. The van der Waals surface area contributed by atoms with Gasteiger partial charge in [0.25, 0.3) is 0 Å². The Morgan fingerprint density at radius 3 is 1.94 bits per heavy atom. The Hall–Kier alpha value is -2.92. The summed E-state index contributed by atoms with van der Waals surface area (Å²) in [5.74, 6) is -2.55. The number of carboxylic acids is 2. The van der Waals surface area contributed by atoms with Gasteiger partial charge >= 0.3 is 18.0 Å². The fraction of sp³-hybridized carbons (Fsp3) is 0.522. The zero-order chi connectivity index (χ0) is 26.1. The van der Waals surface area contributed by atoms with E-state index in [4.69, 9.17) is 10.2 Å². The van der Waals surface area contributed by atoms with Gasteiger partial charge in [0, 0.05) is 37.8 Å². The Morgan fingerprint density at radius 2 is 1.50 bits per heavy atom. The Labute approximate surface area is 202 Å². The Morgan fingerprint density at radius 1 is 0.971 bits per heavy atom. The summed E-state index contributed by atoms with van der Waals surface area (Å²) in [6.07, 6.45) is 1.12. The molecule has 3 N–H and O–H groups in total. The number of nitrogens with one attached hydrogen (secondary N) is 1. The summed E-state index contributed by atoms with van der Waals surface area (Å²) in [6, 6.07) is 8.86. The second-order valence-electron chi connectivity index (χ2n) is 7.63. The van der Waals surface area contributed by atoms with Crippen LogP contribution in [0.2, 0.25) is 0 Å². The lowest BCUT2D eigenvalue weighted by atomic mass is 10.2. The van der Waals surface area contributed by atoms with Crippen molar-refractivity contribution in [1.82, 2.24) is 15.1 Å². The van der Waals surface area contributed by atoms with Gasteiger partial charge in [-0.25, -0.2) is 22.8 Å². The number of carbonyl (C=O) groups is 3. The van der Waals surface area contributed by atoms with Gasteiger partial charge in [-0.2, -0.15) is 0 Å². The van der Waals surface area contributed by atoms with Crippen LogP contribution in [0.3, 0.4) is 0 Å². The van der Waals surface area contributed by atoms with Crippen molar-refractivity contribution in [3.63, 3.8) is 0 Å². The highest BCUT2D eigenvalue weighted by Gasteiger charge is 2.20. The van der Waals surface area contributed by atoms with Gasteiger partial charge in [0.2, 0.25) is 0 Å². The van der Waals surface area contributed by atoms with E-state index in [2.05, 4.69) is 24.1 Å². The van der Waals surface area contributed by atoms with Gasteiger partial charge in [-0.15, -0.1) is 0 Å². The average Bonchev–Trinajstić information content (AvgIpc) is 2.76. The highest BCUT2D eigenvalue weighted by atomic mass is 32.2. The SMILES string of the molecule is CCN(CC)CCNC(=O)N(CCS(=O)(=O)Cc1ccccc1)C(C)C.O=C(O)C=CC(=O)O. The first-order valence-electron chi connectivity index (χ1n) is 11.1. The minimum atomic E-state index is -3.27. The van der Waals surface area contributed by atoms with Crippen molar-refractivity contribution in [2.75, 3.05) is 38.5 Å². The summed E-state index contributed by atoms with van der Waals surface area (Å²) in [6.45, 7) is 11.4. The molecule has 192 valence electrons. The van der Waals surface area contributed by atoms with Gasteiger partial charge in [-0.3, -0.25) is 0 Å². The number of nitrogens with zero attached hydrogens (tertiary/aromatic N) is 2. The second kappa shape index (κ2) is 16.7. The summed E-state index contributed by atoms with van der Waals surface area (Å²) in [7, 11) is -3.27. The first kappa shape index (κ1) is 31.1. The van der Waals surface area contributed by atoms with Crippen molar-refractivity contribution in [2.24, 2.45) is 0 Å². The summed E-state index contributed by atoms with van der Waals surface area (Å²) in [5.41, 5.74) is 0.771. The molecule has 0 atom stereocenters. The van der Waals surface area contributed by atoms with E-state index in [1.807, 2.05) is 32.0 Å². The van der Waals surface area contributed by atoms with E-state index >= 15 is 0 Å². The van der Waals surface area contributed by atoms with Crippen molar-refractivity contribution >= 4 is 27.8 Å². The molecule has 34 heavy (non-hydrogen) atoms. The Bertz CT molecular complexity index is 867. The Kier molecular flexibility index (Phi) is 15.2. The van der Waals surface area contributed by atoms with Crippen LogP contribution in [0.1, 0.15) is 33.3 Å². The number of aliphatic carboxylic acids is 2. The molecule has 0 aliphatic rings. The number of urea groups is 1. The van der Waals surface area contributed by atoms with E-state index in [1.165, 1.54) is 0 Å². The lowest BCUT2D eigenvalue weighted by molar-refractivity contribution is -0.134.